The number of amides is 1. The van der Waals surface area contributed by atoms with Crippen molar-refractivity contribution in [2.75, 3.05) is 10.8 Å². The van der Waals surface area contributed by atoms with Crippen molar-refractivity contribution in [3.05, 3.63) is 30.3 Å². The Hall–Kier alpha value is -1.39. The van der Waals surface area contributed by atoms with Crippen molar-refractivity contribution in [3.8, 4) is 0 Å². The maximum atomic E-state index is 11.7. The van der Waals surface area contributed by atoms with Crippen LogP contribution < -0.4 is 4.90 Å². The molecule has 1 aliphatic rings. The molecule has 0 bridgehead atoms. The number of alkyl halides is 1. The van der Waals surface area contributed by atoms with Crippen molar-refractivity contribution in [2.24, 2.45) is 0 Å². The Morgan fingerprint density at radius 3 is 2.56 bits per heavy atom. The van der Waals surface area contributed by atoms with E-state index in [4.69, 9.17) is 17.0 Å². The molecule has 1 aliphatic heterocycles. The van der Waals surface area contributed by atoms with Gasteiger partial charge in [0.25, 0.3) is 0 Å². The number of carbonyl (C=O) groups excluding carboxylic acids is 1. The molecule has 1 aromatic rings. The second kappa shape index (κ2) is 3.88. The minimum atomic E-state index is -1.53. The highest BCUT2D eigenvalue weighted by molar-refractivity contribution is 6.29. The van der Waals surface area contributed by atoms with Gasteiger partial charge in [-0.1, -0.05) is 18.2 Å². The number of nitrogens with zero attached hydrogens (tertiary/aromatic N) is 1. The van der Waals surface area contributed by atoms with Crippen molar-refractivity contribution >= 4 is 29.0 Å². The zero-order chi connectivity index (χ0) is 11.8. The first-order chi connectivity index (χ1) is 7.58. The number of hydrogen-bond donors (Lipinski definition) is 2. The summed E-state index contributed by atoms with van der Waals surface area (Å²) in [4.78, 5) is 12.9. The number of nitrogens with one attached hydrogen (secondary N) is 1. The summed E-state index contributed by atoms with van der Waals surface area (Å²) in [6.07, 6.45) is -0.135. The van der Waals surface area contributed by atoms with E-state index in [2.05, 4.69) is 0 Å². The monoisotopic (exact) mass is 238 g/mol. The van der Waals surface area contributed by atoms with Gasteiger partial charge in [-0.2, -0.15) is 0 Å². The first kappa shape index (κ1) is 11.1. The smallest absolute Gasteiger partial charge is 0.235 e. The van der Waals surface area contributed by atoms with Crippen LogP contribution in [-0.2, 0) is 4.79 Å². The number of halogens is 1. The molecule has 0 saturated carbocycles. The van der Waals surface area contributed by atoms with Crippen molar-refractivity contribution in [2.45, 2.75) is 12.0 Å². The number of amidine groups is 1. The van der Waals surface area contributed by atoms with E-state index in [1.54, 1.807) is 24.3 Å². The minimum Gasteiger partial charge on any atom is -0.380 e. The van der Waals surface area contributed by atoms with Crippen LogP contribution in [0, 0.1) is 5.41 Å². The molecule has 0 aliphatic carbocycles. The summed E-state index contributed by atoms with van der Waals surface area (Å²) >= 11 is 5.59. The molecule has 1 amide bonds. The molecule has 0 radical (unpaired) electrons. The third-order valence-corrected chi connectivity index (χ3v) is 3.04. The number of hydrogen-bond acceptors (Lipinski definition) is 3. The van der Waals surface area contributed by atoms with Crippen LogP contribution in [0.4, 0.5) is 5.69 Å². The van der Waals surface area contributed by atoms with Crippen molar-refractivity contribution in [1.29, 1.82) is 5.41 Å². The summed E-state index contributed by atoms with van der Waals surface area (Å²) in [5.41, 5.74) is -0.951. The van der Waals surface area contributed by atoms with E-state index in [9.17, 15) is 9.90 Å². The molecule has 4 nitrogen and oxygen atoms in total. The van der Waals surface area contributed by atoms with E-state index >= 15 is 0 Å². The van der Waals surface area contributed by atoms with Crippen LogP contribution in [0.3, 0.4) is 0 Å². The Morgan fingerprint density at radius 1 is 1.44 bits per heavy atom. The summed E-state index contributed by atoms with van der Waals surface area (Å²) in [7, 11) is 0. The molecule has 1 aromatic carbocycles. The average molecular weight is 239 g/mol. The van der Waals surface area contributed by atoms with Crippen molar-refractivity contribution in [1.82, 2.24) is 0 Å². The van der Waals surface area contributed by atoms with E-state index in [0.717, 1.165) is 0 Å². The molecule has 5 heteroatoms. The predicted molar refractivity (Wildman–Crippen MR) is 61.9 cm³/mol. The Morgan fingerprint density at radius 2 is 2.06 bits per heavy atom. The van der Waals surface area contributed by atoms with E-state index < -0.39 is 5.60 Å². The molecule has 1 saturated heterocycles. The zero-order valence-corrected chi connectivity index (χ0v) is 9.24. The fraction of sp³-hybridized carbons (Fsp3) is 0.273. The first-order valence-corrected chi connectivity index (χ1v) is 5.37. The lowest BCUT2D eigenvalue weighted by molar-refractivity contribution is -0.118. The van der Waals surface area contributed by atoms with E-state index in [1.165, 1.54) is 4.90 Å². The zero-order valence-electron chi connectivity index (χ0n) is 8.48. The number of anilines is 1. The molecule has 16 heavy (non-hydrogen) atoms. The van der Waals surface area contributed by atoms with E-state index in [-0.39, 0.29) is 24.0 Å². The van der Waals surface area contributed by atoms with Crippen LogP contribution in [0.2, 0.25) is 0 Å². The number of para-hydroxylation sites is 1. The third-order valence-electron chi connectivity index (χ3n) is 2.59. The number of carbonyl (C=O) groups is 1. The van der Waals surface area contributed by atoms with Crippen LogP contribution in [0.5, 0.6) is 0 Å². The van der Waals surface area contributed by atoms with Gasteiger partial charge < -0.3 is 5.11 Å². The lowest BCUT2D eigenvalue weighted by Crippen LogP contribution is -2.41. The lowest BCUT2D eigenvalue weighted by Gasteiger charge is -2.21. The van der Waals surface area contributed by atoms with E-state index in [0.29, 0.717) is 5.69 Å². The Labute approximate surface area is 98.0 Å². The normalized spacial score (nSPS) is 25.2. The van der Waals surface area contributed by atoms with Gasteiger partial charge in [0, 0.05) is 0 Å². The summed E-state index contributed by atoms with van der Waals surface area (Å²) in [6, 6.07) is 8.79. The Kier molecular flexibility index (Phi) is 2.69. The fourth-order valence-corrected chi connectivity index (χ4v) is 1.93. The van der Waals surface area contributed by atoms with Crippen LogP contribution in [0.15, 0.2) is 30.3 Å². The largest absolute Gasteiger partial charge is 0.380 e. The maximum absolute atomic E-state index is 11.7. The molecular weight excluding hydrogens is 228 g/mol. The van der Waals surface area contributed by atoms with Crippen LogP contribution in [0.1, 0.15) is 6.42 Å². The maximum Gasteiger partial charge on any atom is 0.235 e. The molecule has 1 heterocycles. The number of rotatable bonds is 2. The van der Waals surface area contributed by atoms with Crippen molar-refractivity contribution < 1.29 is 9.90 Å². The average Bonchev–Trinajstić information content (AvgIpc) is 2.52. The van der Waals surface area contributed by atoms with Gasteiger partial charge in [-0.15, -0.1) is 11.6 Å². The van der Waals surface area contributed by atoms with Gasteiger partial charge >= 0.3 is 0 Å². The van der Waals surface area contributed by atoms with Crippen molar-refractivity contribution in [3.63, 3.8) is 0 Å². The summed E-state index contributed by atoms with van der Waals surface area (Å²) in [6.45, 7) is 0. The SMILES string of the molecule is N=C1N(c2ccccc2)C(=O)CC1(O)CCl. The highest BCUT2D eigenvalue weighted by atomic mass is 35.5. The molecule has 1 fully saturated rings. The minimum absolute atomic E-state index is 0.135. The van der Waals surface area contributed by atoms with Gasteiger partial charge in [0.05, 0.1) is 18.0 Å². The molecule has 0 aromatic heterocycles. The fourth-order valence-electron chi connectivity index (χ4n) is 1.71. The van der Waals surface area contributed by atoms with Gasteiger partial charge in [0.15, 0.2) is 0 Å². The third kappa shape index (κ3) is 1.60. The lowest BCUT2D eigenvalue weighted by atomic mass is 10.1. The van der Waals surface area contributed by atoms with Crippen LogP contribution in [0.25, 0.3) is 0 Å². The Bertz CT molecular complexity index is 435. The molecule has 2 rings (SSSR count). The topological polar surface area (TPSA) is 64.4 Å². The van der Waals surface area contributed by atoms with Gasteiger partial charge in [0.1, 0.15) is 11.4 Å². The highest BCUT2D eigenvalue weighted by Gasteiger charge is 2.47. The molecular formula is C11H11ClN2O2. The molecule has 1 atom stereocenters. The predicted octanol–water partition coefficient (Wildman–Crippen LogP) is 1.37. The highest BCUT2D eigenvalue weighted by Crippen LogP contribution is 2.30. The van der Waals surface area contributed by atoms with Crippen LogP contribution >= 0.6 is 11.6 Å². The number of benzene rings is 1. The molecule has 84 valence electrons. The van der Waals surface area contributed by atoms with Gasteiger partial charge in [-0.3, -0.25) is 15.1 Å². The summed E-state index contributed by atoms with van der Waals surface area (Å²) in [5, 5.41) is 17.8. The number of aliphatic hydroxyl groups is 1. The second-order valence-electron chi connectivity index (χ2n) is 3.76. The van der Waals surface area contributed by atoms with Gasteiger partial charge in [-0.25, -0.2) is 0 Å². The molecule has 1 unspecified atom stereocenters. The molecule has 2 N–H and O–H groups in total. The van der Waals surface area contributed by atoms with Gasteiger partial charge in [-0.05, 0) is 12.1 Å². The summed E-state index contributed by atoms with van der Waals surface area (Å²) in [5.74, 6) is -0.612. The molecule has 0 spiro atoms. The standard InChI is InChI=1S/C11H11ClN2O2/c12-7-11(16)6-9(15)14(10(11)13)8-4-2-1-3-5-8/h1-5,13,16H,6-7H2. The summed E-state index contributed by atoms with van der Waals surface area (Å²) < 4.78 is 0. The second-order valence-corrected chi connectivity index (χ2v) is 4.02. The van der Waals surface area contributed by atoms with E-state index in [1.807, 2.05) is 6.07 Å². The first-order valence-electron chi connectivity index (χ1n) is 4.84. The Balaban J connectivity index is 2.38. The van der Waals surface area contributed by atoms with Gasteiger partial charge in [0.2, 0.25) is 5.91 Å². The van der Waals surface area contributed by atoms with Crippen LogP contribution in [-0.4, -0.2) is 28.3 Å². The quantitative estimate of drug-likeness (QED) is 0.765.